The summed E-state index contributed by atoms with van der Waals surface area (Å²) in [4.78, 5) is 2.50. The molecular weight excluding hydrogens is 224 g/mol. The van der Waals surface area contributed by atoms with Crippen molar-refractivity contribution in [3.63, 3.8) is 0 Å². The van der Waals surface area contributed by atoms with Crippen LogP contribution in [0.3, 0.4) is 0 Å². The summed E-state index contributed by atoms with van der Waals surface area (Å²) in [5.41, 5.74) is 0. The summed E-state index contributed by atoms with van der Waals surface area (Å²) in [5, 5.41) is 8.75. The van der Waals surface area contributed by atoms with Crippen LogP contribution < -0.4 is 0 Å². The van der Waals surface area contributed by atoms with Crippen molar-refractivity contribution >= 4 is 0 Å². The summed E-state index contributed by atoms with van der Waals surface area (Å²) in [6.45, 7) is 5.11. The third-order valence-corrected chi connectivity index (χ3v) is 4.41. The maximum Gasteiger partial charge on any atom is 0.0635 e. The topological polar surface area (TPSA) is 36.3 Å². The molecule has 1 unspecified atom stereocenters. The average Bonchev–Trinajstić information content (AvgIpc) is 3.05. The Labute approximate surface area is 111 Å². The first-order chi connectivity index (χ1) is 8.88. The second kappa shape index (κ2) is 7.76. The SMILES string of the molecule is N#CCCN(CCC1CCCC1)CC1CCOC1. The van der Waals surface area contributed by atoms with Crippen molar-refractivity contribution in [1.29, 1.82) is 5.26 Å². The molecule has 3 heteroatoms. The van der Waals surface area contributed by atoms with E-state index in [2.05, 4.69) is 11.0 Å². The molecule has 0 aromatic rings. The molecule has 18 heavy (non-hydrogen) atoms. The van der Waals surface area contributed by atoms with Crippen molar-refractivity contribution in [2.75, 3.05) is 32.8 Å². The third kappa shape index (κ3) is 4.59. The molecule has 1 aliphatic carbocycles. The number of ether oxygens (including phenoxy) is 1. The first-order valence-electron chi connectivity index (χ1n) is 7.55. The van der Waals surface area contributed by atoms with Crippen LogP contribution in [0.1, 0.15) is 44.9 Å². The smallest absolute Gasteiger partial charge is 0.0635 e. The van der Waals surface area contributed by atoms with Crippen molar-refractivity contribution in [2.24, 2.45) is 11.8 Å². The minimum absolute atomic E-state index is 0.665. The van der Waals surface area contributed by atoms with Gasteiger partial charge in [0.05, 0.1) is 12.7 Å². The zero-order chi connectivity index (χ0) is 12.6. The Bertz CT molecular complexity index is 262. The lowest BCUT2D eigenvalue weighted by Gasteiger charge is -2.25. The molecule has 2 rings (SSSR count). The predicted octanol–water partition coefficient (Wildman–Crippen LogP) is 2.82. The Balaban J connectivity index is 1.70. The second-order valence-electron chi connectivity index (χ2n) is 5.88. The molecule has 0 radical (unpaired) electrons. The fraction of sp³-hybridized carbons (Fsp3) is 0.933. The Morgan fingerprint density at radius 1 is 1.11 bits per heavy atom. The molecule has 3 nitrogen and oxygen atoms in total. The highest BCUT2D eigenvalue weighted by molar-refractivity contribution is 4.77. The Kier molecular flexibility index (Phi) is 5.96. The summed E-state index contributed by atoms with van der Waals surface area (Å²) in [7, 11) is 0. The fourth-order valence-electron chi connectivity index (χ4n) is 3.26. The molecule has 1 aliphatic heterocycles. The maximum atomic E-state index is 8.75. The van der Waals surface area contributed by atoms with Crippen molar-refractivity contribution in [1.82, 2.24) is 4.90 Å². The van der Waals surface area contributed by atoms with Gasteiger partial charge in [0.15, 0.2) is 0 Å². The van der Waals surface area contributed by atoms with E-state index in [1.807, 2.05) is 0 Å². The lowest BCUT2D eigenvalue weighted by atomic mass is 10.0. The van der Waals surface area contributed by atoms with Crippen LogP contribution >= 0.6 is 0 Å². The van der Waals surface area contributed by atoms with Gasteiger partial charge in [0.2, 0.25) is 0 Å². The molecule has 0 amide bonds. The van der Waals surface area contributed by atoms with E-state index in [1.165, 1.54) is 45.1 Å². The lowest BCUT2D eigenvalue weighted by molar-refractivity contribution is 0.164. The minimum Gasteiger partial charge on any atom is -0.381 e. The normalized spacial score (nSPS) is 24.8. The molecule has 2 fully saturated rings. The molecule has 102 valence electrons. The summed E-state index contributed by atoms with van der Waals surface area (Å²) >= 11 is 0. The van der Waals surface area contributed by atoms with Gasteiger partial charge in [-0.25, -0.2) is 0 Å². The summed E-state index contributed by atoms with van der Waals surface area (Å²) in [6, 6.07) is 2.28. The van der Waals surface area contributed by atoms with Gasteiger partial charge in [0.1, 0.15) is 0 Å². The van der Waals surface area contributed by atoms with Crippen LogP contribution in [0, 0.1) is 23.2 Å². The number of hydrogen-bond acceptors (Lipinski definition) is 3. The fourth-order valence-corrected chi connectivity index (χ4v) is 3.26. The number of nitrogens with zero attached hydrogens (tertiary/aromatic N) is 2. The number of rotatable bonds is 7. The van der Waals surface area contributed by atoms with Crippen LogP contribution in [0.25, 0.3) is 0 Å². The number of nitriles is 1. The standard InChI is InChI=1S/C15H26N2O/c16-8-3-9-17(12-15-7-11-18-13-15)10-6-14-4-1-2-5-14/h14-15H,1-7,9-13H2. The van der Waals surface area contributed by atoms with Crippen molar-refractivity contribution in [3.05, 3.63) is 0 Å². The van der Waals surface area contributed by atoms with Gasteiger partial charge < -0.3 is 9.64 Å². The zero-order valence-corrected chi connectivity index (χ0v) is 11.4. The Morgan fingerprint density at radius 2 is 1.94 bits per heavy atom. The van der Waals surface area contributed by atoms with Crippen LogP contribution in [0.5, 0.6) is 0 Å². The molecule has 1 heterocycles. The van der Waals surface area contributed by atoms with Crippen LogP contribution in [0.4, 0.5) is 0 Å². The largest absolute Gasteiger partial charge is 0.381 e. The van der Waals surface area contributed by atoms with E-state index in [0.717, 1.165) is 32.2 Å². The van der Waals surface area contributed by atoms with Gasteiger partial charge in [-0.3, -0.25) is 0 Å². The molecule has 0 aromatic carbocycles. The van der Waals surface area contributed by atoms with E-state index >= 15 is 0 Å². The van der Waals surface area contributed by atoms with Crippen molar-refractivity contribution in [2.45, 2.75) is 44.9 Å². The first kappa shape index (κ1) is 13.8. The van der Waals surface area contributed by atoms with Crippen LogP contribution in [0.15, 0.2) is 0 Å². The van der Waals surface area contributed by atoms with Crippen molar-refractivity contribution in [3.8, 4) is 6.07 Å². The molecule has 1 saturated heterocycles. The van der Waals surface area contributed by atoms with Gasteiger partial charge >= 0.3 is 0 Å². The third-order valence-electron chi connectivity index (χ3n) is 4.41. The summed E-state index contributed by atoms with van der Waals surface area (Å²) in [5.74, 6) is 1.65. The predicted molar refractivity (Wildman–Crippen MR) is 72.2 cm³/mol. The summed E-state index contributed by atoms with van der Waals surface area (Å²) < 4.78 is 5.45. The highest BCUT2D eigenvalue weighted by Crippen LogP contribution is 2.27. The molecule has 0 spiro atoms. The molecule has 0 bridgehead atoms. The van der Waals surface area contributed by atoms with Gasteiger partial charge in [0.25, 0.3) is 0 Å². The Morgan fingerprint density at radius 3 is 2.61 bits per heavy atom. The molecule has 1 atom stereocenters. The molecule has 2 aliphatic rings. The number of hydrogen-bond donors (Lipinski definition) is 0. The van der Waals surface area contributed by atoms with Crippen LogP contribution in [-0.4, -0.2) is 37.7 Å². The van der Waals surface area contributed by atoms with Gasteiger partial charge in [-0.05, 0) is 31.2 Å². The molecular formula is C15H26N2O. The quantitative estimate of drug-likeness (QED) is 0.697. The van der Waals surface area contributed by atoms with Crippen molar-refractivity contribution < 1.29 is 4.74 Å². The zero-order valence-electron chi connectivity index (χ0n) is 11.4. The second-order valence-corrected chi connectivity index (χ2v) is 5.88. The lowest BCUT2D eigenvalue weighted by Crippen LogP contribution is -2.32. The van der Waals surface area contributed by atoms with Crippen LogP contribution in [-0.2, 0) is 4.74 Å². The molecule has 0 aromatic heterocycles. The van der Waals surface area contributed by atoms with E-state index in [-0.39, 0.29) is 0 Å². The van der Waals surface area contributed by atoms with E-state index in [0.29, 0.717) is 12.3 Å². The van der Waals surface area contributed by atoms with Gasteiger partial charge in [-0.15, -0.1) is 0 Å². The minimum atomic E-state index is 0.665. The molecule has 1 saturated carbocycles. The van der Waals surface area contributed by atoms with Gasteiger partial charge in [0, 0.05) is 26.1 Å². The molecule has 0 N–H and O–H groups in total. The van der Waals surface area contributed by atoms with E-state index in [1.54, 1.807) is 0 Å². The monoisotopic (exact) mass is 250 g/mol. The highest BCUT2D eigenvalue weighted by atomic mass is 16.5. The Hall–Kier alpha value is -0.590. The summed E-state index contributed by atoms with van der Waals surface area (Å²) in [6.07, 6.45) is 8.92. The van der Waals surface area contributed by atoms with E-state index < -0.39 is 0 Å². The highest BCUT2D eigenvalue weighted by Gasteiger charge is 2.21. The van der Waals surface area contributed by atoms with E-state index in [9.17, 15) is 0 Å². The average molecular weight is 250 g/mol. The van der Waals surface area contributed by atoms with Crippen LogP contribution in [0.2, 0.25) is 0 Å². The first-order valence-corrected chi connectivity index (χ1v) is 7.55. The van der Waals surface area contributed by atoms with E-state index in [4.69, 9.17) is 10.00 Å². The van der Waals surface area contributed by atoms with Gasteiger partial charge in [-0.1, -0.05) is 25.7 Å². The van der Waals surface area contributed by atoms with Gasteiger partial charge in [-0.2, -0.15) is 5.26 Å². The maximum absolute atomic E-state index is 8.75.